The van der Waals surface area contributed by atoms with Crippen molar-refractivity contribution in [2.75, 3.05) is 5.73 Å². The third-order valence-electron chi connectivity index (χ3n) is 2.97. The number of nitrogens with two attached hydrogens (primary N) is 2. The lowest BCUT2D eigenvalue weighted by Crippen LogP contribution is -2.11. The number of amides is 1. The molecule has 0 atom stereocenters. The van der Waals surface area contributed by atoms with Crippen LogP contribution in [-0.4, -0.2) is 5.91 Å². The van der Waals surface area contributed by atoms with Crippen molar-refractivity contribution >= 4 is 23.4 Å². The summed E-state index contributed by atoms with van der Waals surface area (Å²) >= 11 is 1.66. The molecule has 0 saturated carbocycles. The van der Waals surface area contributed by atoms with Crippen LogP contribution in [0, 0.1) is 13.8 Å². The highest BCUT2D eigenvalue weighted by atomic mass is 32.2. The second kappa shape index (κ2) is 6.01. The molecule has 0 radical (unpaired) electrons. The molecule has 104 valence electrons. The molecule has 4 N–H and O–H groups in total. The van der Waals surface area contributed by atoms with Gasteiger partial charge in [-0.1, -0.05) is 29.3 Å². The van der Waals surface area contributed by atoms with Crippen molar-refractivity contribution in [1.29, 1.82) is 0 Å². The third kappa shape index (κ3) is 3.54. The Morgan fingerprint density at radius 2 is 1.75 bits per heavy atom. The van der Waals surface area contributed by atoms with Crippen molar-refractivity contribution < 1.29 is 4.79 Å². The molecule has 2 aromatic carbocycles. The summed E-state index contributed by atoms with van der Waals surface area (Å²) in [5, 5.41) is 0. The highest BCUT2D eigenvalue weighted by Gasteiger charge is 2.06. The van der Waals surface area contributed by atoms with E-state index in [0.717, 1.165) is 10.6 Å². The molecule has 0 heterocycles. The Hall–Kier alpha value is -1.94. The number of hydrogen-bond acceptors (Lipinski definition) is 3. The molecular formula is C16H18N2OS. The van der Waals surface area contributed by atoms with Crippen LogP contribution in [0.15, 0.2) is 41.3 Å². The Balaban J connectivity index is 2.12. The summed E-state index contributed by atoms with van der Waals surface area (Å²) in [4.78, 5) is 12.0. The molecule has 2 aromatic rings. The van der Waals surface area contributed by atoms with E-state index in [4.69, 9.17) is 11.5 Å². The lowest BCUT2D eigenvalue weighted by atomic mass is 10.1. The van der Waals surface area contributed by atoms with Gasteiger partial charge in [-0.25, -0.2) is 0 Å². The van der Waals surface area contributed by atoms with E-state index in [9.17, 15) is 4.79 Å². The first kappa shape index (κ1) is 14.5. The first-order chi connectivity index (χ1) is 9.45. The van der Waals surface area contributed by atoms with Gasteiger partial charge in [0.05, 0.1) is 0 Å². The quantitative estimate of drug-likeness (QED) is 0.669. The van der Waals surface area contributed by atoms with Crippen LogP contribution in [-0.2, 0) is 5.75 Å². The van der Waals surface area contributed by atoms with E-state index >= 15 is 0 Å². The van der Waals surface area contributed by atoms with Gasteiger partial charge in [0, 0.05) is 21.9 Å². The summed E-state index contributed by atoms with van der Waals surface area (Å²) in [7, 11) is 0. The highest BCUT2D eigenvalue weighted by molar-refractivity contribution is 7.98. The molecule has 0 bridgehead atoms. The molecule has 0 aliphatic carbocycles. The van der Waals surface area contributed by atoms with Gasteiger partial charge in [-0.05, 0) is 37.6 Å². The maximum absolute atomic E-state index is 11.1. The smallest absolute Gasteiger partial charge is 0.248 e. The van der Waals surface area contributed by atoms with Crippen LogP contribution < -0.4 is 11.5 Å². The fourth-order valence-corrected chi connectivity index (χ4v) is 3.03. The van der Waals surface area contributed by atoms with Crippen molar-refractivity contribution in [2.45, 2.75) is 24.5 Å². The molecule has 0 unspecified atom stereocenters. The molecule has 0 aliphatic heterocycles. The minimum absolute atomic E-state index is 0.443. The number of primary amides is 1. The monoisotopic (exact) mass is 286 g/mol. The Morgan fingerprint density at radius 3 is 2.30 bits per heavy atom. The largest absolute Gasteiger partial charge is 0.398 e. The fourth-order valence-electron chi connectivity index (χ4n) is 2.15. The van der Waals surface area contributed by atoms with Crippen LogP contribution in [0.25, 0.3) is 0 Å². The van der Waals surface area contributed by atoms with E-state index < -0.39 is 5.91 Å². The van der Waals surface area contributed by atoms with Crippen LogP contribution in [0.3, 0.4) is 0 Å². The summed E-state index contributed by atoms with van der Waals surface area (Å²) in [6, 6.07) is 11.7. The average Bonchev–Trinajstić information content (AvgIpc) is 2.36. The summed E-state index contributed by atoms with van der Waals surface area (Å²) in [6.07, 6.45) is 0. The zero-order valence-corrected chi connectivity index (χ0v) is 12.5. The molecule has 0 spiro atoms. The van der Waals surface area contributed by atoms with Gasteiger partial charge in [0.15, 0.2) is 0 Å². The molecule has 0 saturated heterocycles. The van der Waals surface area contributed by atoms with Crippen molar-refractivity contribution in [3.05, 3.63) is 58.7 Å². The topological polar surface area (TPSA) is 69.1 Å². The van der Waals surface area contributed by atoms with Gasteiger partial charge < -0.3 is 11.5 Å². The van der Waals surface area contributed by atoms with Gasteiger partial charge in [-0.15, -0.1) is 11.8 Å². The number of anilines is 1. The van der Waals surface area contributed by atoms with Crippen molar-refractivity contribution in [3.8, 4) is 0 Å². The number of aryl methyl sites for hydroxylation is 2. The fraction of sp³-hybridized carbons (Fsp3) is 0.188. The van der Waals surface area contributed by atoms with Crippen LogP contribution in [0.5, 0.6) is 0 Å². The van der Waals surface area contributed by atoms with Gasteiger partial charge in [-0.2, -0.15) is 0 Å². The van der Waals surface area contributed by atoms with E-state index in [1.54, 1.807) is 23.9 Å². The molecule has 20 heavy (non-hydrogen) atoms. The number of benzene rings is 2. The van der Waals surface area contributed by atoms with Crippen LogP contribution in [0.2, 0.25) is 0 Å². The summed E-state index contributed by atoms with van der Waals surface area (Å²) in [5.74, 6) is 0.394. The Morgan fingerprint density at radius 1 is 1.10 bits per heavy atom. The molecule has 2 rings (SSSR count). The minimum atomic E-state index is -0.456. The van der Waals surface area contributed by atoms with Crippen molar-refractivity contribution in [1.82, 2.24) is 0 Å². The normalized spacial score (nSPS) is 10.5. The maximum atomic E-state index is 11.1. The van der Waals surface area contributed by atoms with Crippen molar-refractivity contribution in [2.24, 2.45) is 5.73 Å². The van der Waals surface area contributed by atoms with E-state index in [1.807, 2.05) is 6.07 Å². The zero-order chi connectivity index (χ0) is 14.7. The standard InChI is InChI=1S/C16H18N2OS/c1-10-5-11(2)7-12(6-10)9-20-15-4-3-13(16(18)19)8-14(15)17/h3-8H,9,17H2,1-2H3,(H2,18,19). The second-order valence-electron chi connectivity index (χ2n) is 4.90. The summed E-state index contributed by atoms with van der Waals surface area (Å²) in [6.45, 7) is 4.19. The number of rotatable bonds is 4. The zero-order valence-electron chi connectivity index (χ0n) is 11.6. The molecule has 3 nitrogen and oxygen atoms in total. The van der Waals surface area contributed by atoms with Crippen molar-refractivity contribution in [3.63, 3.8) is 0 Å². The number of carbonyl (C=O) groups is 1. The summed E-state index contributed by atoms with van der Waals surface area (Å²) < 4.78 is 0. The Labute approximate surface area is 123 Å². The van der Waals surface area contributed by atoms with E-state index in [2.05, 4.69) is 32.0 Å². The molecule has 4 heteroatoms. The lowest BCUT2D eigenvalue weighted by molar-refractivity contribution is 0.100. The lowest BCUT2D eigenvalue weighted by Gasteiger charge is -2.08. The van der Waals surface area contributed by atoms with E-state index in [0.29, 0.717) is 11.3 Å². The van der Waals surface area contributed by atoms with Crippen LogP contribution >= 0.6 is 11.8 Å². The molecule has 0 aliphatic rings. The molecule has 0 fully saturated rings. The minimum Gasteiger partial charge on any atom is -0.398 e. The predicted octanol–water partition coefficient (Wildman–Crippen LogP) is 3.28. The average molecular weight is 286 g/mol. The first-order valence-corrected chi connectivity index (χ1v) is 7.33. The summed E-state index contributed by atoms with van der Waals surface area (Å²) in [5.41, 5.74) is 16.0. The Kier molecular flexibility index (Phi) is 4.35. The molecule has 1 amide bonds. The second-order valence-corrected chi connectivity index (χ2v) is 5.92. The molecule has 0 aromatic heterocycles. The van der Waals surface area contributed by atoms with Crippen LogP contribution in [0.1, 0.15) is 27.0 Å². The number of hydrogen-bond donors (Lipinski definition) is 2. The molecular weight excluding hydrogens is 268 g/mol. The van der Waals surface area contributed by atoms with Crippen LogP contribution in [0.4, 0.5) is 5.69 Å². The first-order valence-electron chi connectivity index (χ1n) is 6.35. The number of thioether (sulfide) groups is 1. The van der Waals surface area contributed by atoms with E-state index in [-0.39, 0.29) is 0 Å². The van der Waals surface area contributed by atoms with E-state index in [1.165, 1.54) is 16.7 Å². The number of nitrogen functional groups attached to an aromatic ring is 1. The Bertz CT molecular complexity index is 633. The SMILES string of the molecule is Cc1cc(C)cc(CSc2ccc(C(N)=O)cc2N)c1. The van der Waals surface area contributed by atoms with Gasteiger partial charge in [0.1, 0.15) is 0 Å². The maximum Gasteiger partial charge on any atom is 0.248 e. The van der Waals surface area contributed by atoms with Gasteiger partial charge in [-0.3, -0.25) is 4.79 Å². The predicted molar refractivity (Wildman–Crippen MR) is 84.8 cm³/mol. The number of carbonyl (C=O) groups excluding carboxylic acids is 1. The highest BCUT2D eigenvalue weighted by Crippen LogP contribution is 2.29. The van der Waals surface area contributed by atoms with Gasteiger partial charge in [0.25, 0.3) is 0 Å². The van der Waals surface area contributed by atoms with Gasteiger partial charge in [0.2, 0.25) is 5.91 Å². The third-order valence-corrected chi connectivity index (χ3v) is 4.13. The van der Waals surface area contributed by atoms with Gasteiger partial charge >= 0.3 is 0 Å².